The van der Waals surface area contributed by atoms with Crippen LogP contribution >= 0.6 is 39.3 Å². The fourth-order valence-corrected chi connectivity index (χ4v) is 4.70. The lowest BCUT2D eigenvalue weighted by molar-refractivity contribution is -0.113. The average molecular weight is 565 g/mol. The molecule has 0 spiro atoms. The molecule has 2 amide bonds. The SMILES string of the molecule is CCn1c(SCC(=O)Nc2ccc(Br)cc2)nnc1[C@@H](CC(C)C)NC(=O)c1ccccc1Cl. The van der Waals surface area contributed by atoms with Crippen LogP contribution in [0.1, 0.15) is 49.4 Å². The van der Waals surface area contributed by atoms with E-state index in [9.17, 15) is 9.59 Å². The molecule has 0 aliphatic rings. The fraction of sp³-hybridized carbons (Fsp3) is 0.333. The smallest absolute Gasteiger partial charge is 0.253 e. The number of carbonyl (C=O) groups is 2. The normalized spacial score (nSPS) is 11.9. The number of aromatic nitrogens is 3. The zero-order valence-electron chi connectivity index (χ0n) is 19.2. The van der Waals surface area contributed by atoms with Gasteiger partial charge in [-0.15, -0.1) is 10.2 Å². The molecule has 0 saturated heterocycles. The Morgan fingerprint density at radius 2 is 1.82 bits per heavy atom. The Bertz CT molecular complexity index is 1140. The third-order valence-corrected chi connectivity index (χ3v) is 6.79. The summed E-state index contributed by atoms with van der Waals surface area (Å²) >= 11 is 10.9. The molecule has 0 fully saturated rings. The number of hydrogen-bond acceptors (Lipinski definition) is 5. The topological polar surface area (TPSA) is 88.9 Å². The van der Waals surface area contributed by atoms with Crippen LogP contribution in [0.4, 0.5) is 5.69 Å². The number of amides is 2. The molecule has 2 aromatic carbocycles. The first-order valence-electron chi connectivity index (χ1n) is 10.9. The standard InChI is InChI=1S/C24H27BrClN5O2S/c1-4-31-22(20(13-15(2)3)28-23(33)18-7-5-6-8-19(18)26)29-30-24(31)34-14-21(32)27-17-11-9-16(25)10-12-17/h5-12,15,20H,4,13-14H2,1-3H3,(H,27,32)(H,28,33)/t20-/m1/s1. The van der Waals surface area contributed by atoms with Gasteiger partial charge in [0.05, 0.1) is 22.4 Å². The lowest BCUT2D eigenvalue weighted by Crippen LogP contribution is -2.31. The van der Waals surface area contributed by atoms with Crippen molar-refractivity contribution in [2.75, 3.05) is 11.1 Å². The molecule has 1 heterocycles. The molecule has 180 valence electrons. The Hall–Kier alpha value is -2.36. The third kappa shape index (κ3) is 7.07. The molecular formula is C24H27BrClN5O2S. The summed E-state index contributed by atoms with van der Waals surface area (Å²) < 4.78 is 2.89. The van der Waals surface area contributed by atoms with Crippen LogP contribution in [0.25, 0.3) is 0 Å². The third-order valence-electron chi connectivity index (χ3n) is 4.96. The van der Waals surface area contributed by atoms with Gasteiger partial charge in [-0.05, 0) is 55.7 Å². The first-order chi connectivity index (χ1) is 16.3. The lowest BCUT2D eigenvalue weighted by atomic mass is 10.0. The molecule has 0 bridgehead atoms. The Kier molecular flexibility index (Phi) is 9.55. The monoisotopic (exact) mass is 563 g/mol. The molecule has 1 aromatic heterocycles. The van der Waals surface area contributed by atoms with Crippen molar-refractivity contribution in [2.45, 2.75) is 44.9 Å². The van der Waals surface area contributed by atoms with Gasteiger partial charge in [-0.1, -0.05) is 65.3 Å². The highest BCUT2D eigenvalue weighted by atomic mass is 79.9. The van der Waals surface area contributed by atoms with E-state index in [0.29, 0.717) is 40.5 Å². The summed E-state index contributed by atoms with van der Waals surface area (Å²) in [5, 5.41) is 15.7. The largest absolute Gasteiger partial charge is 0.342 e. The van der Waals surface area contributed by atoms with Crippen LogP contribution in [0.15, 0.2) is 58.2 Å². The molecule has 10 heteroatoms. The van der Waals surface area contributed by atoms with Gasteiger partial charge in [0.1, 0.15) is 0 Å². The van der Waals surface area contributed by atoms with E-state index in [-0.39, 0.29) is 23.6 Å². The Labute approximate surface area is 217 Å². The Balaban J connectivity index is 1.73. The maximum atomic E-state index is 12.9. The van der Waals surface area contributed by atoms with Gasteiger partial charge < -0.3 is 15.2 Å². The minimum atomic E-state index is -0.345. The van der Waals surface area contributed by atoms with E-state index < -0.39 is 0 Å². The van der Waals surface area contributed by atoms with E-state index in [4.69, 9.17) is 11.6 Å². The number of nitrogens with zero attached hydrogens (tertiary/aromatic N) is 3. The van der Waals surface area contributed by atoms with Gasteiger partial charge in [-0.3, -0.25) is 9.59 Å². The molecule has 2 N–H and O–H groups in total. The van der Waals surface area contributed by atoms with Gasteiger partial charge in [-0.25, -0.2) is 0 Å². The zero-order valence-corrected chi connectivity index (χ0v) is 22.4. The summed E-state index contributed by atoms with van der Waals surface area (Å²) in [4.78, 5) is 25.4. The molecule has 0 saturated carbocycles. The van der Waals surface area contributed by atoms with E-state index in [1.807, 2.05) is 35.8 Å². The summed E-state index contributed by atoms with van der Waals surface area (Å²) in [6.45, 7) is 6.77. The van der Waals surface area contributed by atoms with Gasteiger partial charge in [0.15, 0.2) is 11.0 Å². The van der Waals surface area contributed by atoms with Crippen molar-refractivity contribution >= 4 is 56.8 Å². The second kappa shape index (κ2) is 12.4. The van der Waals surface area contributed by atoms with E-state index in [2.05, 4.69) is 50.6 Å². The minimum Gasteiger partial charge on any atom is -0.342 e. The van der Waals surface area contributed by atoms with Crippen LogP contribution in [0, 0.1) is 5.92 Å². The predicted molar refractivity (Wildman–Crippen MR) is 140 cm³/mol. The van der Waals surface area contributed by atoms with Crippen molar-refractivity contribution in [3.05, 3.63) is 69.4 Å². The average Bonchev–Trinajstić information content (AvgIpc) is 3.21. The number of benzene rings is 2. The van der Waals surface area contributed by atoms with Gasteiger partial charge in [0, 0.05) is 16.7 Å². The van der Waals surface area contributed by atoms with Crippen LogP contribution in [0.5, 0.6) is 0 Å². The van der Waals surface area contributed by atoms with E-state index in [0.717, 1.165) is 10.2 Å². The molecule has 3 rings (SSSR count). The molecule has 0 aliphatic heterocycles. The molecule has 0 unspecified atom stereocenters. The first-order valence-corrected chi connectivity index (χ1v) is 13.1. The fourth-order valence-electron chi connectivity index (χ4n) is 3.40. The Morgan fingerprint density at radius 3 is 2.47 bits per heavy atom. The minimum absolute atomic E-state index is 0.134. The lowest BCUT2D eigenvalue weighted by Gasteiger charge is -2.21. The number of thioether (sulfide) groups is 1. The number of anilines is 1. The van der Waals surface area contributed by atoms with Gasteiger partial charge >= 0.3 is 0 Å². The highest BCUT2D eigenvalue weighted by Gasteiger charge is 2.25. The first kappa shape index (κ1) is 26.2. The van der Waals surface area contributed by atoms with Crippen LogP contribution in [-0.4, -0.2) is 32.3 Å². The van der Waals surface area contributed by atoms with Crippen molar-refractivity contribution < 1.29 is 9.59 Å². The van der Waals surface area contributed by atoms with Crippen LogP contribution < -0.4 is 10.6 Å². The maximum absolute atomic E-state index is 12.9. The van der Waals surface area contributed by atoms with Crippen molar-refractivity contribution in [3.8, 4) is 0 Å². The van der Waals surface area contributed by atoms with Crippen LogP contribution in [0.2, 0.25) is 5.02 Å². The second-order valence-corrected chi connectivity index (χ2v) is 10.3. The van der Waals surface area contributed by atoms with E-state index >= 15 is 0 Å². The van der Waals surface area contributed by atoms with Gasteiger partial charge in [-0.2, -0.15) is 0 Å². The molecule has 1 atom stereocenters. The summed E-state index contributed by atoms with van der Waals surface area (Å²) in [5.74, 6) is 0.767. The van der Waals surface area contributed by atoms with Gasteiger partial charge in [0.2, 0.25) is 5.91 Å². The second-order valence-electron chi connectivity index (χ2n) is 8.06. The molecule has 7 nitrogen and oxygen atoms in total. The Morgan fingerprint density at radius 1 is 1.12 bits per heavy atom. The summed E-state index contributed by atoms with van der Waals surface area (Å²) in [6.07, 6.45) is 0.684. The van der Waals surface area contributed by atoms with Crippen molar-refractivity contribution in [1.82, 2.24) is 20.1 Å². The molecule has 0 aliphatic carbocycles. The van der Waals surface area contributed by atoms with E-state index in [1.165, 1.54) is 11.8 Å². The number of rotatable bonds is 10. The van der Waals surface area contributed by atoms with Gasteiger partial charge in [0.25, 0.3) is 5.91 Å². The van der Waals surface area contributed by atoms with Crippen molar-refractivity contribution in [2.24, 2.45) is 5.92 Å². The predicted octanol–water partition coefficient (Wildman–Crippen LogP) is 5.96. The quantitative estimate of drug-likeness (QED) is 0.297. The summed E-state index contributed by atoms with van der Waals surface area (Å²) in [7, 11) is 0. The molecule has 0 radical (unpaired) electrons. The number of halogens is 2. The van der Waals surface area contributed by atoms with Crippen molar-refractivity contribution in [3.63, 3.8) is 0 Å². The summed E-state index contributed by atoms with van der Waals surface area (Å²) in [5.41, 5.74) is 1.14. The zero-order chi connectivity index (χ0) is 24.7. The highest BCUT2D eigenvalue weighted by molar-refractivity contribution is 9.10. The maximum Gasteiger partial charge on any atom is 0.253 e. The molecule has 34 heavy (non-hydrogen) atoms. The number of hydrogen-bond donors (Lipinski definition) is 2. The van der Waals surface area contributed by atoms with Crippen molar-refractivity contribution in [1.29, 1.82) is 0 Å². The van der Waals surface area contributed by atoms with Crippen LogP contribution in [0.3, 0.4) is 0 Å². The highest BCUT2D eigenvalue weighted by Crippen LogP contribution is 2.26. The number of nitrogens with one attached hydrogen (secondary N) is 2. The number of carbonyl (C=O) groups excluding carboxylic acids is 2. The van der Waals surface area contributed by atoms with E-state index in [1.54, 1.807) is 24.3 Å². The molecular weight excluding hydrogens is 538 g/mol. The summed E-state index contributed by atoms with van der Waals surface area (Å²) in [6, 6.07) is 14.0. The van der Waals surface area contributed by atoms with Crippen LogP contribution in [-0.2, 0) is 11.3 Å². The molecule has 3 aromatic rings.